The second-order valence-corrected chi connectivity index (χ2v) is 5.46. The van der Waals surface area contributed by atoms with E-state index >= 15 is 0 Å². The van der Waals surface area contributed by atoms with Crippen LogP contribution in [0.25, 0.3) is 0 Å². The minimum absolute atomic E-state index is 0.167. The van der Waals surface area contributed by atoms with E-state index < -0.39 is 0 Å². The molecule has 4 nitrogen and oxygen atoms in total. The molecule has 0 aliphatic rings. The highest BCUT2D eigenvalue weighted by Gasteiger charge is 2.03. The van der Waals surface area contributed by atoms with Gasteiger partial charge in [0.1, 0.15) is 5.75 Å². The van der Waals surface area contributed by atoms with Gasteiger partial charge in [-0.15, -0.1) is 0 Å². The van der Waals surface area contributed by atoms with Crippen molar-refractivity contribution in [2.45, 2.75) is 26.8 Å². The minimum Gasteiger partial charge on any atom is -0.508 e. The van der Waals surface area contributed by atoms with E-state index in [-0.39, 0.29) is 11.8 Å². The first-order chi connectivity index (χ1) is 10.5. The van der Waals surface area contributed by atoms with Gasteiger partial charge < -0.3 is 15.7 Å². The summed E-state index contributed by atoms with van der Waals surface area (Å²) in [6, 6.07) is 13.1. The molecule has 0 saturated heterocycles. The van der Waals surface area contributed by atoms with Crippen LogP contribution in [0, 0.1) is 13.8 Å². The number of benzene rings is 2. The molecule has 2 amide bonds. The van der Waals surface area contributed by atoms with Crippen molar-refractivity contribution in [1.82, 2.24) is 10.6 Å². The normalized spacial score (nSPS) is 10.3. The molecule has 0 heterocycles. The number of aryl methyl sites for hydroxylation is 2. The Bertz CT molecular complexity index is 636. The van der Waals surface area contributed by atoms with Crippen LogP contribution >= 0.6 is 0 Å². The fraction of sp³-hybridized carbons (Fsp3) is 0.278. The molecule has 116 valence electrons. The third-order valence-electron chi connectivity index (χ3n) is 3.58. The summed E-state index contributed by atoms with van der Waals surface area (Å²) in [5, 5.41) is 14.9. The Morgan fingerprint density at radius 3 is 2.50 bits per heavy atom. The van der Waals surface area contributed by atoms with Gasteiger partial charge in [0.25, 0.3) is 0 Å². The number of aromatic hydroxyl groups is 1. The molecule has 3 N–H and O–H groups in total. The molecule has 2 aromatic rings. The summed E-state index contributed by atoms with van der Waals surface area (Å²) in [7, 11) is 0. The first kappa shape index (κ1) is 15.9. The van der Waals surface area contributed by atoms with Crippen LogP contribution < -0.4 is 10.6 Å². The number of nitrogens with one attached hydrogen (secondary N) is 2. The molecule has 0 aliphatic carbocycles. The van der Waals surface area contributed by atoms with Crippen LogP contribution in [0.5, 0.6) is 5.75 Å². The first-order valence-corrected chi connectivity index (χ1v) is 7.40. The van der Waals surface area contributed by atoms with Crippen LogP contribution in [0.3, 0.4) is 0 Å². The molecule has 22 heavy (non-hydrogen) atoms. The van der Waals surface area contributed by atoms with Gasteiger partial charge in [-0.2, -0.15) is 0 Å². The zero-order chi connectivity index (χ0) is 15.9. The number of amides is 2. The van der Waals surface area contributed by atoms with Crippen molar-refractivity contribution in [3.8, 4) is 5.75 Å². The summed E-state index contributed by atoms with van der Waals surface area (Å²) in [5.74, 6) is 0.253. The predicted octanol–water partition coefficient (Wildman–Crippen LogP) is 3.05. The summed E-state index contributed by atoms with van der Waals surface area (Å²) in [6.07, 6.45) is 0.733. The molecule has 0 bridgehead atoms. The molecule has 0 saturated carbocycles. The molecular weight excluding hydrogens is 276 g/mol. The maximum absolute atomic E-state index is 11.8. The molecule has 0 aromatic heterocycles. The Morgan fingerprint density at radius 1 is 1.05 bits per heavy atom. The maximum atomic E-state index is 11.8. The number of carbonyl (C=O) groups excluding carboxylic acids is 1. The molecule has 4 heteroatoms. The van der Waals surface area contributed by atoms with E-state index in [0.717, 1.165) is 17.5 Å². The van der Waals surface area contributed by atoms with Crippen molar-refractivity contribution in [2.75, 3.05) is 6.54 Å². The first-order valence-electron chi connectivity index (χ1n) is 7.40. The quantitative estimate of drug-likeness (QED) is 0.794. The zero-order valence-corrected chi connectivity index (χ0v) is 13.0. The summed E-state index contributed by atoms with van der Waals surface area (Å²) < 4.78 is 0. The molecule has 0 spiro atoms. The van der Waals surface area contributed by atoms with Crippen molar-refractivity contribution in [1.29, 1.82) is 0 Å². The minimum atomic E-state index is -0.167. The van der Waals surface area contributed by atoms with Gasteiger partial charge in [0.2, 0.25) is 0 Å². The van der Waals surface area contributed by atoms with E-state index in [4.69, 9.17) is 0 Å². The van der Waals surface area contributed by atoms with Gasteiger partial charge in [-0.25, -0.2) is 4.79 Å². The Kier molecular flexibility index (Phi) is 5.42. The van der Waals surface area contributed by atoms with Crippen LogP contribution in [0.2, 0.25) is 0 Å². The lowest BCUT2D eigenvalue weighted by Crippen LogP contribution is -2.36. The lowest BCUT2D eigenvalue weighted by molar-refractivity contribution is 0.240. The van der Waals surface area contributed by atoms with Crippen LogP contribution in [0.1, 0.15) is 22.3 Å². The fourth-order valence-electron chi connectivity index (χ4n) is 2.21. The van der Waals surface area contributed by atoms with Gasteiger partial charge in [-0.3, -0.25) is 0 Å². The molecule has 2 aromatic carbocycles. The average Bonchev–Trinajstić information content (AvgIpc) is 2.50. The lowest BCUT2D eigenvalue weighted by atomic mass is 10.1. The number of hydrogen-bond donors (Lipinski definition) is 3. The summed E-state index contributed by atoms with van der Waals surface area (Å²) in [5.41, 5.74) is 4.58. The number of rotatable bonds is 5. The van der Waals surface area contributed by atoms with E-state index in [9.17, 15) is 9.90 Å². The SMILES string of the molecule is Cc1ccc(C)c(CNC(=O)NCCc2ccc(O)cc2)c1. The smallest absolute Gasteiger partial charge is 0.315 e. The number of carbonyl (C=O) groups is 1. The van der Waals surface area contributed by atoms with Gasteiger partial charge >= 0.3 is 6.03 Å². The van der Waals surface area contributed by atoms with E-state index in [2.05, 4.69) is 28.8 Å². The highest BCUT2D eigenvalue weighted by Crippen LogP contribution is 2.10. The largest absolute Gasteiger partial charge is 0.508 e. The Morgan fingerprint density at radius 2 is 1.77 bits per heavy atom. The molecule has 0 radical (unpaired) electrons. The molecule has 0 aliphatic heterocycles. The van der Waals surface area contributed by atoms with Gasteiger partial charge in [0, 0.05) is 13.1 Å². The van der Waals surface area contributed by atoms with Crippen molar-refractivity contribution < 1.29 is 9.90 Å². The highest BCUT2D eigenvalue weighted by molar-refractivity contribution is 5.73. The molecule has 0 unspecified atom stereocenters. The van der Waals surface area contributed by atoms with Crippen LogP contribution in [-0.2, 0) is 13.0 Å². The summed E-state index contributed by atoms with van der Waals surface area (Å²) >= 11 is 0. The van der Waals surface area contributed by atoms with Crippen LogP contribution in [-0.4, -0.2) is 17.7 Å². The maximum Gasteiger partial charge on any atom is 0.315 e. The molecule has 2 rings (SSSR count). The topological polar surface area (TPSA) is 61.4 Å². The van der Waals surface area contributed by atoms with Crippen molar-refractivity contribution >= 4 is 6.03 Å². The number of urea groups is 1. The van der Waals surface area contributed by atoms with E-state index in [0.29, 0.717) is 13.1 Å². The second kappa shape index (κ2) is 7.50. The second-order valence-electron chi connectivity index (χ2n) is 5.46. The Balaban J connectivity index is 1.74. The van der Waals surface area contributed by atoms with Gasteiger partial charge in [0.05, 0.1) is 0 Å². The molecule has 0 fully saturated rings. The Labute approximate surface area is 131 Å². The third kappa shape index (κ3) is 4.81. The van der Waals surface area contributed by atoms with Crippen molar-refractivity contribution in [3.05, 3.63) is 64.7 Å². The van der Waals surface area contributed by atoms with Crippen LogP contribution in [0.4, 0.5) is 4.79 Å². The van der Waals surface area contributed by atoms with Crippen molar-refractivity contribution in [3.63, 3.8) is 0 Å². The third-order valence-corrected chi connectivity index (χ3v) is 3.58. The van der Waals surface area contributed by atoms with Gasteiger partial charge in [-0.05, 0) is 49.1 Å². The summed E-state index contributed by atoms with van der Waals surface area (Å²) in [6.45, 7) is 5.17. The van der Waals surface area contributed by atoms with Crippen molar-refractivity contribution in [2.24, 2.45) is 0 Å². The van der Waals surface area contributed by atoms with Gasteiger partial charge in [-0.1, -0.05) is 35.9 Å². The number of phenols is 1. The fourth-order valence-corrected chi connectivity index (χ4v) is 2.21. The highest BCUT2D eigenvalue weighted by atomic mass is 16.3. The van der Waals surface area contributed by atoms with Gasteiger partial charge in [0.15, 0.2) is 0 Å². The summed E-state index contributed by atoms with van der Waals surface area (Å²) in [4.78, 5) is 11.8. The number of hydrogen-bond acceptors (Lipinski definition) is 2. The zero-order valence-electron chi connectivity index (χ0n) is 13.0. The van der Waals surface area contributed by atoms with E-state index in [1.54, 1.807) is 12.1 Å². The monoisotopic (exact) mass is 298 g/mol. The average molecular weight is 298 g/mol. The molecular formula is C18H22N2O2. The Hall–Kier alpha value is -2.49. The lowest BCUT2D eigenvalue weighted by Gasteiger charge is -2.10. The van der Waals surface area contributed by atoms with Crippen LogP contribution in [0.15, 0.2) is 42.5 Å². The van der Waals surface area contributed by atoms with E-state index in [1.807, 2.05) is 26.0 Å². The standard InChI is InChI=1S/C18H22N2O2/c1-13-3-4-14(2)16(11-13)12-20-18(22)19-10-9-15-5-7-17(21)8-6-15/h3-8,11,21H,9-10,12H2,1-2H3,(H2,19,20,22). The molecule has 0 atom stereocenters. The van der Waals surface area contributed by atoms with E-state index in [1.165, 1.54) is 11.1 Å². The number of phenolic OH excluding ortho intramolecular Hbond substituents is 1. The predicted molar refractivity (Wildman–Crippen MR) is 88.0 cm³/mol.